The molecule has 0 saturated carbocycles. The van der Waals surface area contributed by atoms with Crippen LogP contribution >= 0.6 is 11.6 Å². The van der Waals surface area contributed by atoms with Gasteiger partial charge in [-0.25, -0.2) is 4.98 Å². The number of H-pyrrole nitrogens is 1. The number of hydrogen-bond donors (Lipinski definition) is 2. The molecule has 3 rings (SSSR count). The van der Waals surface area contributed by atoms with Gasteiger partial charge in [-0.1, -0.05) is 11.6 Å². The molecule has 0 aliphatic carbocycles. The highest BCUT2D eigenvalue weighted by molar-refractivity contribution is 6.31. The third-order valence-corrected chi connectivity index (χ3v) is 3.34. The topological polar surface area (TPSA) is 70.9 Å². The molecule has 2 aromatic heterocycles. The average molecular weight is 304 g/mol. The van der Waals surface area contributed by atoms with E-state index in [0.717, 1.165) is 11.5 Å². The molecule has 0 atom stereocenters. The Morgan fingerprint density at radius 3 is 2.90 bits per heavy atom. The summed E-state index contributed by atoms with van der Waals surface area (Å²) in [7, 11) is 0. The Morgan fingerprint density at radius 2 is 2.14 bits per heavy atom. The molecule has 0 amide bonds. The van der Waals surface area contributed by atoms with Gasteiger partial charge in [-0.2, -0.15) is 0 Å². The summed E-state index contributed by atoms with van der Waals surface area (Å²) in [6, 6.07) is 8.86. The number of aromatic nitrogens is 2. The van der Waals surface area contributed by atoms with Gasteiger partial charge in [0.1, 0.15) is 17.3 Å². The third kappa shape index (κ3) is 3.15. The first-order chi connectivity index (χ1) is 10.1. The van der Waals surface area contributed by atoms with Crippen molar-refractivity contribution in [2.75, 3.05) is 0 Å². The molecule has 0 bridgehead atoms. The van der Waals surface area contributed by atoms with Crippen LogP contribution in [-0.4, -0.2) is 9.97 Å². The molecule has 6 heteroatoms. The van der Waals surface area contributed by atoms with Crippen molar-refractivity contribution in [2.24, 2.45) is 0 Å². The van der Waals surface area contributed by atoms with Crippen LogP contribution in [-0.2, 0) is 13.1 Å². The minimum absolute atomic E-state index is 0.165. The first-order valence-electron chi connectivity index (χ1n) is 6.56. The van der Waals surface area contributed by atoms with Crippen molar-refractivity contribution in [2.45, 2.75) is 20.0 Å². The van der Waals surface area contributed by atoms with Crippen molar-refractivity contribution in [1.82, 2.24) is 15.3 Å². The van der Waals surface area contributed by atoms with Crippen LogP contribution in [0.1, 0.15) is 17.3 Å². The molecule has 0 radical (unpaired) electrons. The number of halogens is 1. The number of furan rings is 1. The number of aryl methyl sites for hydroxylation is 1. The van der Waals surface area contributed by atoms with Gasteiger partial charge in [0.15, 0.2) is 0 Å². The summed E-state index contributed by atoms with van der Waals surface area (Å²) in [6.45, 7) is 2.91. The summed E-state index contributed by atoms with van der Waals surface area (Å²) in [6.07, 6.45) is 0. The summed E-state index contributed by atoms with van der Waals surface area (Å²) >= 11 is 5.93. The Balaban J connectivity index is 1.76. The van der Waals surface area contributed by atoms with E-state index in [1.165, 1.54) is 0 Å². The van der Waals surface area contributed by atoms with E-state index in [2.05, 4.69) is 15.3 Å². The SMILES string of the molecule is Cc1ccc(CNCc2nc3cc(Cl)ccc3c(=O)[nH]2)o1. The fourth-order valence-corrected chi connectivity index (χ4v) is 2.30. The first kappa shape index (κ1) is 13.9. The van der Waals surface area contributed by atoms with Crippen LogP contribution in [0.15, 0.2) is 39.5 Å². The maximum absolute atomic E-state index is 12.0. The van der Waals surface area contributed by atoms with Crippen molar-refractivity contribution in [3.63, 3.8) is 0 Å². The predicted octanol–water partition coefficient (Wildman–Crippen LogP) is 2.77. The van der Waals surface area contributed by atoms with Crippen LogP contribution in [0.25, 0.3) is 10.9 Å². The normalized spacial score (nSPS) is 11.1. The molecule has 2 heterocycles. The van der Waals surface area contributed by atoms with E-state index < -0.39 is 0 Å². The van der Waals surface area contributed by atoms with Crippen LogP contribution in [0.3, 0.4) is 0 Å². The van der Waals surface area contributed by atoms with E-state index in [9.17, 15) is 4.79 Å². The Labute approximate surface area is 126 Å². The lowest BCUT2D eigenvalue weighted by Gasteiger charge is -2.04. The van der Waals surface area contributed by atoms with Gasteiger partial charge in [0.2, 0.25) is 0 Å². The maximum atomic E-state index is 12.0. The van der Waals surface area contributed by atoms with Gasteiger partial charge in [0, 0.05) is 5.02 Å². The molecular weight excluding hydrogens is 290 g/mol. The van der Waals surface area contributed by atoms with Crippen molar-refractivity contribution in [3.05, 3.63) is 63.1 Å². The lowest BCUT2D eigenvalue weighted by atomic mass is 10.2. The highest BCUT2D eigenvalue weighted by Gasteiger charge is 2.05. The summed E-state index contributed by atoms with van der Waals surface area (Å²) in [5, 5.41) is 4.27. The smallest absolute Gasteiger partial charge is 0.258 e. The van der Waals surface area contributed by atoms with Crippen LogP contribution in [0, 0.1) is 6.92 Å². The van der Waals surface area contributed by atoms with Gasteiger partial charge in [-0.05, 0) is 37.3 Å². The van der Waals surface area contributed by atoms with Gasteiger partial charge in [0.05, 0.1) is 24.0 Å². The number of aromatic amines is 1. The van der Waals surface area contributed by atoms with Gasteiger partial charge in [0.25, 0.3) is 5.56 Å². The largest absolute Gasteiger partial charge is 0.465 e. The van der Waals surface area contributed by atoms with Crippen LogP contribution in [0.4, 0.5) is 0 Å². The zero-order valence-corrected chi connectivity index (χ0v) is 12.2. The van der Waals surface area contributed by atoms with Crippen LogP contribution in [0.2, 0.25) is 5.02 Å². The summed E-state index contributed by atoms with van der Waals surface area (Å²) in [4.78, 5) is 19.1. The maximum Gasteiger partial charge on any atom is 0.258 e. The fraction of sp³-hybridized carbons (Fsp3) is 0.200. The summed E-state index contributed by atoms with van der Waals surface area (Å²) in [5.41, 5.74) is 0.430. The Kier molecular flexibility index (Phi) is 3.77. The van der Waals surface area contributed by atoms with E-state index >= 15 is 0 Å². The molecule has 3 aromatic rings. The van der Waals surface area contributed by atoms with E-state index in [-0.39, 0.29) is 5.56 Å². The van der Waals surface area contributed by atoms with Crippen molar-refractivity contribution >= 4 is 22.5 Å². The molecule has 21 heavy (non-hydrogen) atoms. The number of fused-ring (bicyclic) bond motifs is 1. The van der Waals surface area contributed by atoms with E-state index in [1.54, 1.807) is 18.2 Å². The molecule has 0 saturated heterocycles. The second kappa shape index (κ2) is 5.71. The molecular formula is C15H14ClN3O2. The van der Waals surface area contributed by atoms with Gasteiger partial charge in [-0.15, -0.1) is 0 Å². The van der Waals surface area contributed by atoms with E-state index in [0.29, 0.717) is 34.8 Å². The number of nitrogens with zero attached hydrogens (tertiary/aromatic N) is 1. The molecule has 5 nitrogen and oxygen atoms in total. The van der Waals surface area contributed by atoms with E-state index in [4.69, 9.17) is 16.0 Å². The summed E-state index contributed by atoms with van der Waals surface area (Å²) in [5.74, 6) is 2.29. The summed E-state index contributed by atoms with van der Waals surface area (Å²) < 4.78 is 5.46. The molecule has 0 unspecified atom stereocenters. The van der Waals surface area contributed by atoms with Gasteiger partial charge < -0.3 is 14.7 Å². The average Bonchev–Trinajstić information content (AvgIpc) is 2.84. The Bertz CT molecular complexity index is 838. The highest BCUT2D eigenvalue weighted by Crippen LogP contribution is 2.14. The molecule has 0 aliphatic rings. The molecule has 1 aromatic carbocycles. The second-order valence-electron chi connectivity index (χ2n) is 4.79. The number of benzene rings is 1. The predicted molar refractivity (Wildman–Crippen MR) is 81.4 cm³/mol. The molecule has 108 valence electrons. The van der Waals surface area contributed by atoms with Crippen molar-refractivity contribution in [3.8, 4) is 0 Å². The molecule has 0 aliphatic heterocycles. The van der Waals surface area contributed by atoms with Crippen LogP contribution in [0.5, 0.6) is 0 Å². The first-order valence-corrected chi connectivity index (χ1v) is 6.94. The third-order valence-electron chi connectivity index (χ3n) is 3.11. The molecule has 2 N–H and O–H groups in total. The van der Waals surface area contributed by atoms with Crippen LogP contribution < -0.4 is 10.9 Å². The second-order valence-corrected chi connectivity index (χ2v) is 5.23. The Hall–Kier alpha value is -2.11. The van der Waals surface area contributed by atoms with Crippen molar-refractivity contribution < 1.29 is 4.42 Å². The lowest BCUT2D eigenvalue weighted by molar-refractivity contribution is 0.460. The Morgan fingerprint density at radius 1 is 1.29 bits per heavy atom. The molecule has 0 fully saturated rings. The highest BCUT2D eigenvalue weighted by atomic mass is 35.5. The minimum Gasteiger partial charge on any atom is -0.465 e. The van der Waals surface area contributed by atoms with Crippen molar-refractivity contribution in [1.29, 1.82) is 0 Å². The van der Waals surface area contributed by atoms with Gasteiger partial charge >= 0.3 is 0 Å². The number of nitrogens with one attached hydrogen (secondary N) is 2. The number of hydrogen-bond acceptors (Lipinski definition) is 4. The van der Waals surface area contributed by atoms with Gasteiger partial charge in [-0.3, -0.25) is 4.79 Å². The monoisotopic (exact) mass is 303 g/mol. The lowest BCUT2D eigenvalue weighted by Crippen LogP contribution is -2.19. The molecule has 0 spiro atoms. The zero-order chi connectivity index (χ0) is 14.8. The van der Waals surface area contributed by atoms with E-state index in [1.807, 2.05) is 19.1 Å². The quantitative estimate of drug-likeness (QED) is 0.777. The minimum atomic E-state index is -0.165. The number of rotatable bonds is 4. The standard InChI is InChI=1S/C15H14ClN3O2/c1-9-2-4-11(21-9)7-17-8-14-18-13-6-10(16)3-5-12(13)15(20)19-14/h2-6,17H,7-8H2,1H3,(H,18,19,20). The zero-order valence-electron chi connectivity index (χ0n) is 11.4. The fourth-order valence-electron chi connectivity index (χ4n) is 2.13.